The van der Waals surface area contributed by atoms with Gasteiger partial charge in [0.15, 0.2) is 0 Å². The molecule has 3 rings (SSSR count). The highest BCUT2D eigenvalue weighted by atomic mass is 19.1. The number of halogens is 1. The maximum absolute atomic E-state index is 13.2. The molecule has 2 aromatic carbocycles. The molecule has 0 aliphatic carbocycles. The molecule has 23 heavy (non-hydrogen) atoms. The number of H-pyrrole nitrogens is 1. The highest BCUT2D eigenvalue weighted by Gasteiger charge is 2.10. The number of carbonyl (C=O) groups excluding carboxylic acids is 1. The number of hydrogen-bond acceptors (Lipinski definition) is 2. The summed E-state index contributed by atoms with van der Waals surface area (Å²) in [5, 5.41) is 3.70. The quantitative estimate of drug-likeness (QED) is 0.751. The maximum atomic E-state index is 13.2. The van der Waals surface area contributed by atoms with E-state index in [1.807, 2.05) is 19.1 Å². The summed E-state index contributed by atoms with van der Waals surface area (Å²) in [4.78, 5) is 15.2. The number of carbonyl (C=O) groups is 1. The number of aromatic nitrogens is 1. The lowest BCUT2D eigenvalue weighted by Crippen LogP contribution is -2.14. The van der Waals surface area contributed by atoms with Crippen molar-refractivity contribution in [1.82, 2.24) is 4.98 Å². The number of ether oxygens (including phenoxy) is 1. The van der Waals surface area contributed by atoms with E-state index in [1.165, 1.54) is 12.1 Å². The molecule has 5 heteroatoms. The van der Waals surface area contributed by atoms with E-state index in [1.54, 1.807) is 24.4 Å². The van der Waals surface area contributed by atoms with Crippen molar-refractivity contribution in [1.29, 1.82) is 0 Å². The lowest BCUT2D eigenvalue weighted by atomic mass is 10.1. The van der Waals surface area contributed by atoms with Crippen molar-refractivity contribution in [3.8, 4) is 5.75 Å². The van der Waals surface area contributed by atoms with E-state index >= 15 is 0 Å². The Morgan fingerprint density at radius 1 is 1.22 bits per heavy atom. The third-order valence-electron chi connectivity index (χ3n) is 3.53. The number of amides is 1. The predicted molar refractivity (Wildman–Crippen MR) is 88.2 cm³/mol. The molecule has 1 aromatic heterocycles. The first-order chi connectivity index (χ1) is 11.2. The topological polar surface area (TPSA) is 54.1 Å². The molecule has 0 saturated carbocycles. The molecule has 0 spiro atoms. The van der Waals surface area contributed by atoms with Gasteiger partial charge in [0.2, 0.25) is 5.91 Å². The first-order valence-electron chi connectivity index (χ1n) is 7.44. The molecule has 0 saturated heterocycles. The number of nitrogens with one attached hydrogen (secondary N) is 2. The number of fused-ring (bicyclic) bond motifs is 1. The van der Waals surface area contributed by atoms with Crippen LogP contribution in [-0.2, 0) is 11.2 Å². The van der Waals surface area contributed by atoms with E-state index < -0.39 is 0 Å². The summed E-state index contributed by atoms with van der Waals surface area (Å²) in [6.45, 7) is 2.52. The SMILES string of the molecule is CCOc1ccc(NC(=O)Cc2c[nH]c3cc(F)ccc23)cc1. The van der Waals surface area contributed by atoms with Gasteiger partial charge in [-0.3, -0.25) is 4.79 Å². The van der Waals surface area contributed by atoms with Crippen LogP contribution in [-0.4, -0.2) is 17.5 Å². The molecular weight excluding hydrogens is 295 g/mol. The summed E-state index contributed by atoms with van der Waals surface area (Å²) in [7, 11) is 0. The van der Waals surface area contributed by atoms with Crippen LogP contribution in [0, 0.1) is 5.82 Å². The van der Waals surface area contributed by atoms with Crippen molar-refractivity contribution in [3.63, 3.8) is 0 Å². The summed E-state index contributed by atoms with van der Waals surface area (Å²) in [5.41, 5.74) is 2.24. The maximum Gasteiger partial charge on any atom is 0.228 e. The summed E-state index contributed by atoms with van der Waals surface area (Å²) in [5.74, 6) is 0.341. The number of aromatic amines is 1. The van der Waals surface area contributed by atoms with Gasteiger partial charge < -0.3 is 15.0 Å². The van der Waals surface area contributed by atoms with Crippen LogP contribution < -0.4 is 10.1 Å². The normalized spacial score (nSPS) is 10.7. The van der Waals surface area contributed by atoms with Gasteiger partial charge in [0.05, 0.1) is 13.0 Å². The zero-order chi connectivity index (χ0) is 16.2. The molecule has 118 valence electrons. The van der Waals surface area contributed by atoms with Crippen LogP contribution in [0.15, 0.2) is 48.7 Å². The first kappa shape index (κ1) is 15.1. The van der Waals surface area contributed by atoms with Crippen LogP contribution >= 0.6 is 0 Å². The van der Waals surface area contributed by atoms with Crippen LogP contribution in [0.4, 0.5) is 10.1 Å². The van der Waals surface area contributed by atoms with Gasteiger partial charge in [0.1, 0.15) is 11.6 Å². The molecule has 2 N–H and O–H groups in total. The fraction of sp³-hybridized carbons (Fsp3) is 0.167. The molecule has 0 atom stereocenters. The zero-order valence-corrected chi connectivity index (χ0v) is 12.7. The van der Waals surface area contributed by atoms with Crippen LogP contribution in [0.2, 0.25) is 0 Å². The van der Waals surface area contributed by atoms with E-state index in [2.05, 4.69) is 10.3 Å². The Kier molecular flexibility index (Phi) is 4.28. The molecular formula is C18H17FN2O2. The van der Waals surface area contributed by atoms with Crippen molar-refractivity contribution in [3.05, 3.63) is 60.0 Å². The highest BCUT2D eigenvalue weighted by Crippen LogP contribution is 2.21. The third-order valence-corrected chi connectivity index (χ3v) is 3.53. The first-order valence-corrected chi connectivity index (χ1v) is 7.44. The second kappa shape index (κ2) is 6.52. The van der Waals surface area contributed by atoms with Crippen molar-refractivity contribution < 1.29 is 13.9 Å². The van der Waals surface area contributed by atoms with E-state index in [0.717, 1.165) is 16.7 Å². The second-order valence-corrected chi connectivity index (χ2v) is 5.19. The Morgan fingerprint density at radius 2 is 2.00 bits per heavy atom. The van der Waals surface area contributed by atoms with Crippen molar-refractivity contribution in [2.75, 3.05) is 11.9 Å². The van der Waals surface area contributed by atoms with Gasteiger partial charge in [-0.05, 0) is 55.0 Å². The third kappa shape index (κ3) is 3.51. The van der Waals surface area contributed by atoms with Gasteiger partial charge in [-0.1, -0.05) is 0 Å². The monoisotopic (exact) mass is 312 g/mol. The van der Waals surface area contributed by atoms with Crippen LogP contribution in [0.1, 0.15) is 12.5 Å². The Labute approximate surface area is 133 Å². The fourth-order valence-electron chi connectivity index (χ4n) is 2.48. The lowest BCUT2D eigenvalue weighted by Gasteiger charge is -2.07. The molecule has 0 radical (unpaired) electrons. The minimum Gasteiger partial charge on any atom is -0.494 e. The van der Waals surface area contributed by atoms with Crippen molar-refractivity contribution in [2.24, 2.45) is 0 Å². The van der Waals surface area contributed by atoms with Gasteiger partial charge in [-0.2, -0.15) is 0 Å². The van der Waals surface area contributed by atoms with E-state index in [-0.39, 0.29) is 18.1 Å². The van der Waals surface area contributed by atoms with Gasteiger partial charge in [-0.15, -0.1) is 0 Å². The van der Waals surface area contributed by atoms with Gasteiger partial charge >= 0.3 is 0 Å². The molecule has 0 aliphatic heterocycles. The Bertz CT molecular complexity index is 825. The molecule has 0 aliphatic rings. The summed E-state index contributed by atoms with van der Waals surface area (Å²) in [6.07, 6.45) is 1.96. The van der Waals surface area contributed by atoms with Crippen molar-refractivity contribution in [2.45, 2.75) is 13.3 Å². The predicted octanol–water partition coefficient (Wildman–Crippen LogP) is 3.89. The van der Waals surface area contributed by atoms with Gasteiger partial charge in [0, 0.05) is 22.8 Å². The Balaban J connectivity index is 1.68. The molecule has 0 bridgehead atoms. The summed E-state index contributed by atoms with van der Waals surface area (Å²) in [6, 6.07) is 11.7. The molecule has 4 nitrogen and oxygen atoms in total. The van der Waals surface area contributed by atoms with Crippen LogP contribution in [0.25, 0.3) is 10.9 Å². The van der Waals surface area contributed by atoms with Crippen LogP contribution in [0.3, 0.4) is 0 Å². The Hall–Kier alpha value is -2.82. The minimum absolute atomic E-state index is 0.126. The molecule has 0 fully saturated rings. The van der Waals surface area contributed by atoms with E-state index in [9.17, 15) is 9.18 Å². The molecule has 0 unspecified atom stereocenters. The number of anilines is 1. The number of benzene rings is 2. The summed E-state index contributed by atoms with van der Waals surface area (Å²) >= 11 is 0. The standard InChI is InChI=1S/C18H17FN2O2/c1-2-23-15-6-4-14(5-7-15)21-18(22)9-12-11-20-17-10-13(19)3-8-16(12)17/h3-8,10-11,20H,2,9H2,1H3,(H,21,22). The molecule has 3 aromatic rings. The smallest absolute Gasteiger partial charge is 0.228 e. The molecule has 1 heterocycles. The lowest BCUT2D eigenvalue weighted by molar-refractivity contribution is -0.115. The van der Waals surface area contributed by atoms with Crippen LogP contribution in [0.5, 0.6) is 5.75 Å². The van der Waals surface area contributed by atoms with E-state index in [0.29, 0.717) is 17.8 Å². The zero-order valence-electron chi connectivity index (χ0n) is 12.7. The fourth-order valence-corrected chi connectivity index (χ4v) is 2.48. The Morgan fingerprint density at radius 3 is 2.74 bits per heavy atom. The largest absolute Gasteiger partial charge is 0.494 e. The van der Waals surface area contributed by atoms with Gasteiger partial charge in [-0.25, -0.2) is 4.39 Å². The minimum atomic E-state index is -0.301. The number of rotatable bonds is 5. The number of hydrogen-bond donors (Lipinski definition) is 2. The van der Waals surface area contributed by atoms with Gasteiger partial charge in [0.25, 0.3) is 0 Å². The van der Waals surface area contributed by atoms with E-state index in [4.69, 9.17) is 4.74 Å². The summed E-state index contributed by atoms with van der Waals surface area (Å²) < 4.78 is 18.5. The highest BCUT2D eigenvalue weighted by molar-refractivity contribution is 5.95. The average Bonchev–Trinajstić information content (AvgIpc) is 2.91. The second-order valence-electron chi connectivity index (χ2n) is 5.19. The molecule has 1 amide bonds. The van der Waals surface area contributed by atoms with Crippen molar-refractivity contribution >= 4 is 22.5 Å². The average molecular weight is 312 g/mol.